The summed E-state index contributed by atoms with van der Waals surface area (Å²) in [6.07, 6.45) is 3.33. The van der Waals surface area contributed by atoms with E-state index in [9.17, 15) is 9.59 Å². The Morgan fingerprint density at radius 2 is 2.31 bits per heavy atom. The van der Waals surface area contributed by atoms with Crippen molar-refractivity contribution < 1.29 is 14.3 Å². The Morgan fingerprint density at radius 1 is 1.38 bits per heavy atom. The number of hydrogen-bond acceptors (Lipinski definition) is 7. The Hall–Kier alpha value is -2.26. The molecule has 1 unspecified atom stereocenters. The molecule has 8 nitrogen and oxygen atoms in total. The summed E-state index contributed by atoms with van der Waals surface area (Å²) in [6.45, 7) is 1.40. The fourth-order valence-corrected chi connectivity index (χ4v) is 3.95. The second-order valence-electron chi connectivity index (χ2n) is 6.41. The van der Waals surface area contributed by atoms with Crippen LogP contribution in [0.25, 0.3) is 0 Å². The van der Waals surface area contributed by atoms with E-state index in [1.165, 1.54) is 11.8 Å². The molecule has 0 saturated carbocycles. The molecule has 1 aromatic carbocycles. The van der Waals surface area contributed by atoms with Gasteiger partial charge >= 0.3 is 0 Å². The fourth-order valence-electron chi connectivity index (χ4n) is 3.17. The van der Waals surface area contributed by atoms with E-state index < -0.39 is 0 Å². The number of nitrogens with zero attached hydrogens (tertiary/aromatic N) is 4. The molecule has 4 rings (SSSR count). The van der Waals surface area contributed by atoms with Crippen LogP contribution in [0.4, 0.5) is 5.69 Å². The SMILES string of the molecule is O=C1CCc2cc(C(=O)CSc3nnnn3CC3CCCO3)ccc2N1. The van der Waals surface area contributed by atoms with E-state index in [1.54, 1.807) is 16.8 Å². The normalized spacial score (nSPS) is 19.2. The summed E-state index contributed by atoms with van der Waals surface area (Å²) in [4.78, 5) is 24.0. The number of amides is 1. The Morgan fingerprint density at radius 3 is 3.15 bits per heavy atom. The third kappa shape index (κ3) is 3.78. The molecule has 2 aromatic rings. The average Bonchev–Trinajstić information content (AvgIpc) is 3.31. The summed E-state index contributed by atoms with van der Waals surface area (Å²) in [6, 6.07) is 5.42. The second-order valence-corrected chi connectivity index (χ2v) is 7.35. The number of tetrazole rings is 1. The molecular formula is C17H19N5O3S. The lowest BCUT2D eigenvalue weighted by atomic mass is 9.99. The van der Waals surface area contributed by atoms with Crippen LogP contribution in [0.15, 0.2) is 23.4 Å². The van der Waals surface area contributed by atoms with Crippen molar-refractivity contribution in [1.82, 2.24) is 20.2 Å². The number of ether oxygens (including phenoxy) is 1. The smallest absolute Gasteiger partial charge is 0.224 e. The van der Waals surface area contributed by atoms with Crippen LogP contribution in [0, 0.1) is 0 Å². The lowest BCUT2D eigenvalue weighted by Crippen LogP contribution is -2.19. The third-order valence-electron chi connectivity index (χ3n) is 4.55. The molecule has 0 radical (unpaired) electrons. The minimum absolute atomic E-state index is 0.0152. The lowest BCUT2D eigenvalue weighted by molar-refractivity contribution is -0.116. The third-order valence-corrected chi connectivity index (χ3v) is 5.51. The molecular weight excluding hydrogens is 354 g/mol. The van der Waals surface area contributed by atoms with E-state index in [0.717, 1.165) is 30.7 Å². The number of nitrogens with one attached hydrogen (secondary N) is 1. The molecule has 2 aliphatic rings. The van der Waals surface area contributed by atoms with Crippen LogP contribution in [0.2, 0.25) is 0 Å². The molecule has 9 heteroatoms. The van der Waals surface area contributed by atoms with Gasteiger partial charge in [-0.2, -0.15) is 0 Å². The van der Waals surface area contributed by atoms with E-state index in [2.05, 4.69) is 20.8 Å². The van der Waals surface area contributed by atoms with Gasteiger partial charge in [0.15, 0.2) is 5.78 Å². The number of benzene rings is 1. The molecule has 1 N–H and O–H groups in total. The van der Waals surface area contributed by atoms with Crippen LogP contribution >= 0.6 is 11.8 Å². The molecule has 1 atom stereocenters. The minimum Gasteiger partial charge on any atom is -0.376 e. The average molecular weight is 373 g/mol. The molecule has 2 aliphatic heterocycles. The van der Waals surface area contributed by atoms with Crippen LogP contribution < -0.4 is 5.32 Å². The van der Waals surface area contributed by atoms with Crippen LogP contribution in [0.1, 0.15) is 35.2 Å². The van der Waals surface area contributed by atoms with Gasteiger partial charge in [0.1, 0.15) is 0 Å². The van der Waals surface area contributed by atoms with Gasteiger partial charge in [0.25, 0.3) is 0 Å². The molecule has 3 heterocycles. The number of carbonyl (C=O) groups excluding carboxylic acids is 2. The van der Waals surface area contributed by atoms with E-state index in [-0.39, 0.29) is 23.5 Å². The molecule has 136 valence electrons. The zero-order valence-corrected chi connectivity index (χ0v) is 15.0. The zero-order valence-electron chi connectivity index (χ0n) is 14.2. The number of fused-ring (bicyclic) bond motifs is 1. The van der Waals surface area contributed by atoms with Gasteiger partial charge in [-0.15, -0.1) is 5.10 Å². The van der Waals surface area contributed by atoms with Crippen molar-refractivity contribution in [3.63, 3.8) is 0 Å². The van der Waals surface area contributed by atoms with Gasteiger partial charge in [-0.3, -0.25) is 9.59 Å². The molecule has 26 heavy (non-hydrogen) atoms. The number of hydrogen-bond donors (Lipinski definition) is 1. The van der Waals surface area contributed by atoms with Crippen molar-refractivity contribution in [2.24, 2.45) is 0 Å². The van der Waals surface area contributed by atoms with Gasteiger partial charge in [-0.25, -0.2) is 4.68 Å². The number of anilines is 1. The van der Waals surface area contributed by atoms with E-state index >= 15 is 0 Å². The largest absolute Gasteiger partial charge is 0.376 e. The fraction of sp³-hybridized carbons (Fsp3) is 0.471. The first-order valence-corrected chi connectivity index (χ1v) is 9.64. The number of aryl methyl sites for hydroxylation is 1. The number of carbonyl (C=O) groups is 2. The highest BCUT2D eigenvalue weighted by molar-refractivity contribution is 7.99. The first-order valence-electron chi connectivity index (χ1n) is 8.65. The highest BCUT2D eigenvalue weighted by atomic mass is 32.2. The maximum Gasteiger partial charge on any atom is 0.224 e. The van der Waals surface area contributed by atoms with Crippen molar-refractivity contribution in [1.29, 1.82) is 0 Å². The first kappa shape index (κ1) is 17.2. The molecule has 1 saturated heterocycles. The molecule has 0 aliphatic carbocycles. The predicted molar refractivity (Wildman–Crippen MR) is 95.2 cm³/mol. The van der Waals surface area contributed by atoms with E-state index in [0.29, 0.717) is 30.1 Å². The van der Waals surface area contributed by atoms with Crippen LogP contribution in [0.3, 0.4) is 0 Å². The van der Waals surface area contributed by atoms with Gasteiger partial charge in [0.05, 0.1) is 18.4 Å². The maximum absolute atomic E-state index is 12.5. The predicted octanol–water partition coefficient (Wildman–Crippen LogP) is 1.71. The standard InChI is InChI=1S/C17H19N5O3S/c23-15(12-3-5-14-11(8-12)4-6-16(24)18-14)10-26-17-19-20-21-22(17)9-13-2-1-7-25-13/h3,5,8,13H,1-2,4,6-7,9-10H2,(H,18,24). The summed E-state index contributed by atoms with van der Waals surface area (Å²) in [5, 5.41) is 15.2. The summed E-state index contributed by atoms with van der Waals surface area (Å²) in [5.41, 5.74) is 2.44. The van der Waals surface area contributed by atoms with Crippen LogP contribution in [-0.2, 0) is 22.5 Å². The molecule has 1 fully saturated rings. The molecule has 0 spiro atoms. The number of Topliss-reactive ketones (excluding diaryl/α,β-unsaturated/α-hetero) is 1. The van der Waals surface area contributed by atoms with Crippen molar-refractivity contribution >= 4 is 29.1 Å². The van der Waals surface area contributed by atoms with Crippen molar-refractivity contribution in [2.45, 2.75) is 43.5 Å². The van der Waals surface area contributed by atoms with Gasteiger partial charge in [0, 0.05) is 24.3 Å². The van der Waals surface area contributed by atoms with E-state index in [1.807, 2.05) is 6.07 Å². The van der Waals surface area contributed by atoms with Gasteiger partial charge in [0.2, 0.25) is 11.1 Å². The number of aromatic nitrogens is 4. The highest BCUT2D eigenvalue weighted by Crippen LogP contribution is 2.25. The molecule has 1 amide bonds. The summed E-state index contributed by atoms with van der Waals surface area (Å²) in [5.74, 6) is 0.295. The topological polar surface area (TPSA) is 99.0 Å². The molecule has 1 aromatic heterocycles. The second kappa shape index (κ2) is 7.55. The summed E-state index contributed by atoms with van der Waals surface area (Å²) in [7, 11) is 0. The monoisotopic (exact) mass is 373 g/mol. The van der Waals surface area contributed by atoms with Gasteiger partial charge < -0.3 is 10.1 Å². The van der Waals surface area contributed by atoms with Crippen LogP contribution in [0.5, 0.6) is 0 Å². The van der Waals surface area contributed by atoms with Crippen LogP contribution in [-0.4, -0.2) is 50.4 Å². The minimum atomic E-state index is 0.0152. The Bertz CT molecular complexity index is 832. The van der Waals surface area contributed by atoms with Crippen molar-refractivity contribution in [3.8, 4) is 0 Å². The number of rotatable bonds is 6. The van der Waals surface area contributed by atoms with Gasteiger partial charge in [-0.1, -0.05) is 11.8 Å². The first-order chi connectivity index (χ1) is 12.7. The van der Waals surface area contributed by atoms with Crippen molar-refractivity contribution in [3.05, 3.63) is 29.3 Å². The van der Waals surface area contributed by atoms with Crippen molar-refractivity contribution in [2.75, 3.05) is 17.7 Å². The Balaban J connectivity index is 1.38. The Kier molecular flexibility index (Phi) is 4.98. The maximum atomic E-state index is 12.5. The zero-order chi connectivity index (χ0) is 17.9. The summed E-state index contributed by atoms with van der Waals surface area (Å²) >= 11 is 1.33. The highest BCUT2D eigenvalue weighted by Gasteiger charge is 2.20. The Labute approximate surface area is 154 Å². The number of thioether (sulfide) groups is 1. The number of ketones is 1. The molecule has 0 bridgehead atoms. The summed E-state index contributed by atoms with van der Waals surface area (Å²) < 4.78 is 7.32. The van der Waals surface area contributed by atoms with E-state index in [4.69, 9.17) is 4.74 Å². The quantitative estimate of drug-likeness (QED) is 0.608. The van der Waals surface area contributed by atoms with Gasteiger partial charge in [-0.05, 0) is 53.5 Å². The lowest BCUT2D eigenvalue weighted by Gasteiger charge is -2.17.